The van der Waals surface area contributed by atoms with Crippen molar-refractivity contribution in [1.82, 2.24) is 0 Å². The molecule has 0 aliphatic heterocycles. The van der Waals surface area contributed by atoms with E-state index in [1.165, 1.54) is 0 Å². The zero-order valence-electron chi connectivity index (χ0n) is 14.0. The van der Waals surface area contributed by atoms with Crippen molar-refractivity contribution in [1.29, 1.82) is 0 Å². The molecule has 0 aliphatic rings. The zero-order chi connectivity index (χ0) is 17.1. The third kappa shape index (κ3) is 5.51. The molecule has 0 aromatic heterocycles. The molecule has 6 heteroatoms. The molecule has 0 spiro atoms. The van der Waals surface area contributed by atoms with Gasteiger partial charge < -0.3 is 9.53 Å². The van der Waals surface area contributed by atoms with E-state index in [-0.39, 0.29) is 5.41 Å². The van der Waals surface area contributed by atoms with Gasteiger partial charge in [-0.05, 0) is 43.5 Å². The summed E-state index contributed by atoms with van der Waals surface area (Å²) in [7, 11) is -1.48. The Morgan fingerprint density at radius 2 is 1.82 bits per heavy atom. The molecule has 22 heavy (non-hydrogen) atoms. The van der Waals surface area contributed by atoms with Crippen LogP contribution < -0.4 is 5.73 Å². The molecule has 1 aromatic carbocycles. The van der Waals surface area contributed by atoms with Crippen LogP contribution in [0.15, 0.2) is 18.2 Å². The van der Waals surface area contributed by atoms with E-state index in [0.29, 0.717) is 22.0 Å². The fourth-order valence-electron chi connectivity index (χ4n) is 2.25. The number of halogens is 2. The highest BCUT2D eigenvalue weighted by Gasteiger charge is 2.38. The van der Waals surface area contributed by atoms with E-state index in [1.807, 2.05) is 13.1 Å². The summed E-state index contributed by atoms with van der Waals surface area (Å²) in [4.78, 5) is 0. The number of rotatable bonds is 6. The highest BCUT2D eigenvalue weighted by Crippen LogP contribution is 2.34. The van der Waals surface area contributed by atoms with Crippen LogP contribution in [0.2, 0.25) is 23.1 Å². The lowest BCUT2D eigenvalue weighted by Crippen LogP contribution is -2.52. The lowest BCUT2D eigenvalue weighted by Gasteiger charge is -2.38. The number of hydrogen-bond acceptors (Lipinski definition) is 3. The van der Waals surface area contributed by atoms with Gasteiger partial charge in [-0.25, -0.2) is 0 Å². The van der Waals surface area contributed by atoms with Crippen molar-refractivity contribution in [2.75, 3.05) is 0 Å². The first-order valence-corrected chi connectivity index (χ1v) is 11.1. The van der Waals surface area contributed by atoms with E-state index in [4.69, 9.17) is 33.4 Å². The molecule has 0 fully saturated rings. The van der Waals surface area contributed by atoms with E-state index in [0.717, 1.165) is 6.42 Å². The van der Waals surface area contributed by atoms with Crippen LogP contribution in [-0.2, 0) is 10.2 Å². The molecule has 1 rings (SSSR count). The molecule has 0 saturated carbocycles. The Morgan fingerprint density at radius 3 is 2.27 bits per heavy atom. The van der Waals surface area contributed by atoms with Crippen molar-refractivity contribution in [3.05, 3.63) is 33.8 Å². The van der Waals surface area contributed by atoms with Crippen LogP contribution in [-0.4, -0.2) is 20.3 Å². The fraction of sp³-hybridized carbons (Fsp3) is 0.625. The Hall–Kier alpha value is -0.103. The summed E-state index contributed by atoms with van der Waals surface area (Å²) in [6.07, 6.45) is 0.595. The van der Waals surface area contributed by atoms with Gasteiger partial charge in [0.15, 0.2) is 14.8 Å². The summed E-state index contributed by atoms with van der Waals surface area (Å²) in [6.45, 7) is 10.4. The molecule has 3 N–H and O–H groups in total. The predicted octanol–water partition coefficient (Wildman–Crippen LogP) is 4.29. The topological polar surface area (TPSA) is 55.5 Å². The number of aliphatic hydroxyl groups is 1. The van der Waals surface area contributed by atoms with E-state index < -0.39 is 20.9 Å². The highest BCUT2D eigenvalue weighted by molar-refractivity contribution is 6.48. The summed E-state index contributed by atoms with van der Waals surface area (Å²) in [5.74, 6) is 0. The number of nitrogens with two attached hydrogens (primary N) is 1. The molecule has 0 amide bonds. The van der Waals surface area contributed by atoms with Crippen LogP contribution in [0.4, 0.5) is 0 Å². The van der Waals surface area contributed by atoms with E-state index in [2.05, 4.69) is 20.8 Å². The summed E-state index contributed by atoms with van der Waals surface area (Å²) in [6, 6.07) is 5.13. The van der Waals surface area contributed by atoms with Crippen LogP contribution in [0.3, 0.4) is 0 Å². The third-order valence-electron chi connectivity index (χ3n) is 3.46. The number of benzene rings is 1. The lowest BCUT2D eigenvalue weighted by atomic mass is 9.86. The van der Waals surface area contributed by atoms with Gasteiger partial charge in [0.25, 0.3) is 0 Å². The van der Waals surface area contributed by atoms with Crippen molar-refractivity contribution in [2.24, 2.45) is 11.1 Å². The monoisotopic (exact) mass is 363 g/mol. The lowest BCUT2D eigenvalue weighted by molar-refractivity contribution is -0.0652. The standard InChI is InChI=1S/C16H27Cl2NO2Si/c1-15(2,3)9-8-14(20)16(19,21-22(4)5)11-6-7-12(17)13(18)10-11/h6-7,10,14,20,22H,8-9,19H2,1-5H3. The van der Waals surface area contributed by atoms with Crippen molar-refractivity contribution in [3.63, 3.8) is 0 Å². The third-order valence-corrected chi connectivity index (χ3v) is 5.06. The van der Waals surface area contributed by atoms with Crippen molar-refractivity contribution in [3.8, 4) is 0 Å². The minimum Gasteiger partial charge on any atom is -0.397 e. The van der Waals surface area contributed by atoms with Gasteiger partial charge in [0.1, 0.15) is 0 Å². The van der Waals surface area contributed by atoms with Crippen LogP contribution in [0.1, 0.15) is 39.2 Å². The van der Waals surface area contributed by atoms with E-state index in [1.54, 1.807) is 18.2 Å². The van der Waals surface area contributed by atoms with Gasteiger partial charge in [-0.15, -0.1) is 0 Å². The maximum atomic E-state index is 10.7. The first kappa shape index (κ1) is 19.9. The molecular weight excluding hydrogens is 337 g/mol. The molecule has 2 unspecified atom stereocenters. The van der Waals surface area contributed by atoms with Crippen molar-refractivity contribution < 1.29 is 9.53 Å². The van der Waals surface area contributed by atoms with Gasteiger partial charge in [0, 0.05) is 5.56 Å². The summed E-state index contributed by atoms with van der Waals surface area (Å²) in [5, 5.41) is 11.6. The normalized spacial score (nSPS) is 16.6. The van der Waals surface area contributed by atoms with Gasteiger partial charge in [0.2, 0.25) is 0 Å². The molecular formula is C16H27Cl2NO2Si. The molecule has 1 aromatic rings. The Bertz CT molecular complexity index is 505. The summed E-state index contributed by atoms with van der Waals surface area (Å²) >= 11 is 12.1. The van der Waals surface area contributed by atoms with Gasteiger partial charge in [-0.2, -0.15) is 0 Å². The largest absolute Gasteiger partial charge is 0.397 e. The molecule has 0 radical (unpaired) electrons. The fourth-order valence-corrected chi connectivity index (χ4v) is 3.62. The molecule has 0 bridgehead atoms. The SMILES string of the molecule is C[SiH](C)OC(N)(c1ccc(Cl)c(Cl)c1)C(O)CCC(C)(C)C. The van der Waals surface area contributed by atoms with Gasteiger partial charge in [0.05, 0.1) is 16.1 Å². The first-order chi connectivity index (χ1) is 9.95. The Balaban J connectivity index is 3.10. The van der Waals surface area contributed by atoms with Crippen molar-refractivity contribution >= 4 is 32.2 Å². The maximum Gasteiger partial charge on any atom is 0.173 e. The van der Waals surface area contributed by atoms with Crippen molar-refractivity contribution in [2.45, 2.75) is 58.5 Å². The van der Waals surface area contributed by atoms with Gasteiger partial charge in [-0.1, -0.05) is 50.0 Å². The minimum atomic E-state index is -1.48. The van der Waals surface area contributed by atoms with Crippen LogP contribution in [0.25, 0.3) is 0 Å². The molecule has 0 aliphatic carbocycles. The number of aliphatic hydroxyl groups excluding tert-OH is 1. The Kier molecular flexibility index (Phi) is 6.93. The predicted molar refractivity (Wildman–Crippen MR) is 97.0 cm³/mol. The molecule has 0 saturated heterocycles. The molecule has 0 heterocycles. The van der Waals surface area contributed by atoms with Gasteiger partial charge in [-0.3, -0.25) is 5.73 Å². The Labute approximate surface area is 145 Å². The second-order valence-electron chi connectivity index (χ2n) is 7.20. The van der Waals surface area contributed by atoms with Crippen LogP contribution in [0, 0.1) is 5.41 Å². The Morgan fingerprint density at radius 1 is 1.23 bits per heavy atom. The number of hydrogen-bond donors (Lipinski definition) is 2. The van der Waals surface area contributed by atoms with Gasteiger partial charge >= 0.3 is 0 Å². The van der Waals surface area contributed by atoms with Crippen LogP contribution >= 0.6 is 23.2 Å². The van der Waals surface area contributed by atoms with E-state index in [9.17, 15) is 5.11 Å². The van der Waals surface area contributed by atoms with Crippen LogP contribution in [0.5, 0.6) is 0 Å². The quantitative estimate of drug-likeness (QED) is 0.585. The second kappa shape index (κ2) is 7.64. The molecule has 2 atom stereocenters. The highest BCUT2D eigenvalue weighted by atomic mass is 35.5. The minimum absolute atomic E-state index is 0.120. The average molecular weight is 364 g/mol. The summed E-state index contributed by atoms with van der Waals surface area (Å²) in [5.41, 5.74) is 6.00. The average Bonchev–Trinajstić information content (AvgIpc) is 2.37. The maximum absolute atomic E-state index is 10.7. The zero-order valence-corrected chi connectivity index (χ0v) is 16.7. The molecule has 126 valence electrons. The second-order valence-corrected chi connectivity index (χ2v) is 10.4. The van der Waals surface area contributed by atoms with E-state index >= 15 is 0 Å². The first-order valence-electron chi connectivity index (χ1n) is 7.56. The smallest absolute Gasteiger partial charge is 0.173 e. The molecule has 3 nitrogen and oxygen atoms in total. The summed E-state index contributed by atoms with van der Waals surface area (Å²) < 4.78 is 6.01.